The number of halogens is 2. The van der Waals surface area contributed by atoms with Gasteiger partial charge < -0.3 is 10.1 Å². The smallest absolute Gasteiger partial charge is 0.138 e. The summed E-state index contributed by atoms with van der Waals surface area (Å²) >= 11 is 7.64. The van der Waals surface area contributed by atoms with Crippen molar-refractivity contribution in [3.05, 3.63) is 50.9 Å². The van der Waals surface area contributed by atoms with Gasteiger partial charge in [-0.1, -0.05) is 25.4 Å². The summed E-state index contributed by atoms with van der Waals surface area (Å²) in [5, 5.41) is 3.71. The van der Waals surface area contributed by atoms with Crippen LogP contribution in [0.5, 0.6) is 5.75 Å². The van der Waals surface area contributed by atoms with Gasteiger partial charge in [-0.25, -0.2) is 4.39 Å². The second-order valence-electron chi connectivity index (χ2n) is 5.26. The molecule has 0 amide bonds. The van der Waals surface area contributed by atoms with Crippen LogP contribution in [0.4, 0.5) is 4.39 Å². The van der Waals surface area contributed by atoms with E-state index >= 15 is 0 Å². The van der Waals surface area contributed by atoms with Crippen LogP contribution in [0.15, 0.2) is 30.3 Å². The SMILES string of the molecule is CC(C)CNCc1ccc(COc2ccc(F)cc2Cl)s1. The van der Waals surface area contributed by atoms with Crippen molar-refractivity contribution in [3.63, 3.8) is 0 Å². The molecule has 0 aliphatic rings. The van der Waals surface area contributed by atoms with Crippen LogP contribution in [0.25, 0.3) is 0 Å². The Balaban J connectivity index is 1.85. The molecule has 114 valence electrons. The second kappa shape index (κ2) is 7.78. The number of thiophene rings is 1. The van der Waals surface area contributed by atoms with Crippen LogP contribution in [0.2, 0.25) is 5.02 Å². The minimum absolute atomic E-state index is 0.297. The first-order valence-corrected chi connectivity index (χ1v) is 8.10. The van der Waals surface area contributed by atoms with E-state index in [0.717, 1.165) is 18.0 Å². The molecule has 2 aromatic rings. The van der Waals surface area contributed by atoms with E-state index in [1.807, 2.05) is 0 Å². The fourth-order valence-electron chi connectivity index (χ4n) is 1.82. The molecule has 21 heavy (non-hydrogen) atoms. The highest BCUT2D eigenvalue weighted by Gasteiger charge is 2.05. The molecule has 0 aliphatic heterocycles. The maximum Gasteiger partial charge on any atom is 0.138 e. The first-order chi connectivity index (χ1) is 10.0. The number of ether oxygens (including phenoxy) is 1. The van der Waals surface area contributed by atoms with E-state index in [0.29, 0.717) is 23.3 Å². The molecule has 2 nitrogen and oxygen atoms in total. The summed E-state index contributed by atoms with van der Waals surface area (Å²) in [5.41, 5.74) is 0. The van der Waals surface area contributed by atoms with Crippen LogP contribution in [-0.2, 0) is 13.2 Å². The lowest BCUT2D eigenvalue weighted by Crippen LogP contribution is -2.18. The van der Waals surface area contributed by atoms with Gasteiger partial charge in [-0.05, 0) is 42.8 Å². The molecular formula is C16H19ClFNOS. The van der Waals surface area contributed by atoms with Crippen molar-refractivity contribution in [1.29, 1.82) is 0 Å². The van der Waals surface area contributed by atoms with Gasteiger partial charge in [0.2, 0.25) is 0 Å². The number of nitrogens with one attached hydrogen (secondary N) is 1. The van der Waals surface area contributed by atoms with Crippen LogP contribution >= 0.6 is 22.9 Å². The summed E-state index contributed by atoms with van der Waals surface area (Å²) in [5.74, 6) is 0.793. The maximum atomic E-state index is 12.9. The Morgan fingerprint density at radius 2 is 2.00 bits per heavy atom. The Kier molecular flexibility index (Phi) is 6.03. The molecule has 0 saturated carbocycles. The molecule has 0 bridgehead atoms. The summed E-state index contributed by atoms with van der Waals surface area (Å²) in [7, 11) is 0. The van der Waals surface area contributed by atoms with Crippen LogP contribution < -0.4 is 10.1 Å². The molecule has 0 fully saturated rings. The molecule has 0 spiro atoms. The zero-order chi connectivity index (χ0) is 15.2. The highest BCUT2D eigenvalue weighted by Crippen LogP contribution is 2.26. The van der Waals surface area contributed by atoms with E-state index in [2.05, 4.69) is 31.3 Å². The number of hydrogen-bond donors (Lipinski definition) is 1. The van der Waals surface area contributed by atoms with Crippen molar-refractivity contribution in [3.8, 4) is 5.75 Å². The molecule has 0 radical (unpaired) electrons. The Morgan fingerprint density at radius 3 is 2.71 bits per heavy atom. The zero-order valence-corrected chi connectivity index (χ0v) is 13.7. The molecule has 1 heterocycles. The standard InChI is InChI=1S/C16H19ClFNOS/c1-11(2)8-19-9-13-4-5-14(21-13)10-20-16-6-3-12(18)7-15(16)17/h3-7,11,19H,8-10H2,1-2H3. The fourth-order valence-corrected chi connectivity index (χ4v) is 2.94. The normalized spacial score (nSPS) is 11.1. The van der Waals surface area contributed by atoms with E-state index in [1.165, 1.54) is 17.0 Å². The van der Waals surface area contributed by atoms with Crippen molar-refractivity contribution in [2.75, 3.05) is 6.54 Å². The predicted molar refractivity (Wildman–Crippen MR) is 86.6 cm³/mol. The third kappa shape index (κ3) is 5.30. The number of benzene rings is 1. The highest BCUT2D eigenvalue weighted by atomic mass is 35.5. The summed E-state index contributed by atoms with van der Waals surface area (Å²) in [4.78, 5) is 2.40. The molecule has 0 aliphatic carbocycles. The van der Waals surface area contributed by atoms with E-state index in [1.54, 1.807) is 17.4 Å². The Bertz CT molecular complexity index is 585. The highest BCUT2D eigenvalue weighted by molar-refractivity contribution is 7.11. The van der Waals surface area contributed by atoms with Gasteiger partial charge in [0.1, 0.15) is 18.2 Å². The Morgan fingerprint density at radius 1 is 1.24 bits per heavy atom. The van der Waals surface area contributed by atoms with Gasteiger partial charge in [-0.3, -0.25) is 0 Å². The van der Waals surface area contributed by atoms with Gasteiger partial charge in [0.05, 0.1) is 5.02 Å². The summed E-state index contributed by atoms with van der Waals surface area (Å²) < 4.78 is 18.6. The molecule has 1 aromatic heterocycles. The van der Waals surface area contributed by atoms with Crippen LogP contribution in [0.1, 0.15) is 23.6 Å². The van der Waals surface area contributed by atoms with Crippen molar-refractivity contribution >= 4 is 22.9 Å². The van der Waals surface area contributed by atoms with Crippen molar-refractivity contribution < 1.29 is 9.13 Å². The quantitative estimate of drug-likeness (QED) is 0.783. The molecule has 0 unspecified atom stereocenters. The Hall–Kier alpha value is -1.10. The summed E-state index contributed by atoms with van der Waals surface area (Å²) in [6.07, 6.45) is 0. The molecule has 0 saturated heterocycles. The third-order valence-corrected chi connectivity index (χ3v) is 4.19. The minimum atomic E-state index is -0.359. The van der Waals surface area contributed by atoms with Crippen LogP contribution in [-0.4, -0.2) is 6.54 Å². The lowest BCUT2D eigenvalue weighted by atomic mass is 10.2. The molecule has 1 aromatic carbocycles. The number of rotatable bonds is 7. The van der Waals surface area contributed by atoms with Crippen LogP contribution in [0.3, 0.4) is 0 Å². The summed E-state index contributed by atoms with van der Waals surface area (Å²) in [6.45, 7) is 6.70. The van der Waals surface area contributed by atoms with Gasteiger partial charge in [-0.15, -0.1) is 11.3 Å². The van der Waals surface area contributed by atoms with Crippen LogP contribution in [0, 0.1) is 11.7 Å². The molecule has 0 atom stereocenters. The molecular weight excluding hydrogens is 309 g/mol. The predicted octanol–water partition coefficient (Wildman–Crippen LogP) is 4.87. The monoisotopic (exact) mass is 327 g/mol. The summed E-state index contributed by atoms with van der Waals surface area (Å²) in [6, 6.07) is 8.30. The second-order valence-corrected chi connectivity index (χ2v) is 6.92. The van der Waals surface area contributed by atoms with E-state index in [-0.39, 0.29) is 5.82 Å². The molecule has 2 rings (SSSR count). The van der Waals surface area contributed by atoms with E-state index in [4.69, 9.17) is 16.3 Å². The van der Waals surface area contributed by atoms with E-state index < -0.39 is 0 Å². The first-order valence-electron chi connectivity index (χ1n) is 6.90. The van der Waals surface area contributed by atoms with Gasteiger partial charge in [-0.2, -0.15) is 0 Å². The van der Waals surface area contributed by atoms with Gasteiger partial charge in [0.25, 0.3) is 0 Å². The average molecular weight is 328 g/mol. The average Bonchev–Trinajstić information content (AvgIpc) is 2.85. The lowest BCUT2D eigenvalue weighted by molar-refractivity contribution is 0.309. The van der Waals surface area contributed by atoms with Gasteiger partial charge >= 0.3 is 0 Å². The lowest BCUT2D eigenvalue weighted by Gasteiger charge is -2.07. The minimum Gasteiger partial charge on any atom is -0.487 e. The third-order valence-electron chi connectivity index (χ3n) is 2.83. The largest absolute Gasteiger partial charge is 0.487 e. The number of hydrogen-bond acceptors (Lipinski definition) is 3. The van der Waals surface area contributed by atoms with Crippen molar-refractivity contribution in [2.45, 2.75) is 27.0 Å². The van der Waals surface area contributed by atoms with Gasteiger partial charge in [0, 0.05) is 16.3 Å². The maximum absolute atomic E-state index is 12.9. The van der Waals surface area contributed by atoms with Crippen molar-refractivity contribution in [1.82, 2.24) is 5.32 Å². The fraction of sp³-hybridized carbons (Fsp3) is 0.375. The topological polar surface area (TPSA) is 21.3 Å². The Labute approximate surface area is 133 Å². The van der Waals surface area contributed by atoms with Gasteiger partial charge in [0.15, 0.2) is 0 Å². The zero-order valence-electron chi connectivity index (χ0n) is 12.2. The van der Waals surface area contributed by atoms with E-state index in [9.17, 15) is 4.39 Å². The molecule has 1 N–H and O–H groups in total. The van der Waals surface area contributed by atoms with Crippen molar-refractivity contribution in [2.24, 2.45) is 5.92 Å². The molecule has 5 heteroatoms. The first kappa shape index (κ1) is 16.3.